The molecule has 1 aliphatic rings. The first-order valence-electron chi connectivity index (χ1n) is 6.96. The first-order chi connectivity index (χ1) is 10.1. The van der Waals surface area contributed by atoms with E-state index in [1.807, 2.05) is 12.1 Å². The minimum atomic E-state index is -3.45. The van der Waals surface area contributed by atoms with Crippen LogP contribution < -0.4 is 0 Å². The predicted octanol–water partition coefficient (Wildman–Crippen LogP) is 1.38. The molecule has 0 amide bonds. The van der Waals surface area contributed by atoms with Crippen LogP contribution in [0.3, 0.4) is 0 Å². The van der Waals surface area contributed by atoms with Crippen molar-refractivity contribution in [2.24, 2.45) is 7.05 Å². The monoisotopic (exact) mass is 306 g/mol. The van der Waals surface area contributed by atoms with Crippen LogP contribution in [0, 0.1) is 0 Å². The molecule has 2 aromatic heterocycles. The molecule has 1 unspecified atom stereocenters. The molecule has 1 saturated heterocycles. The summed E-state index contributed by atoms with van der Waals surface area (Å²) in [7, 11) is -1.73. The van der Waals surface area contributed by atoms with Crippen LogP contribution in [0.2, 0.25) is 0 Å². The Morgan fingerprint density at radius 3 is 2.71 bits per heavy atom. The van der Waals surface area contributed by atoms with Crippen molar-refractivity contribution < 1.29 is 8.42 Å². The SMILES string of the molecule is Cn1cc(S(=O)(=O)N2CCCC(c3ccncc3)C2)cn1. The van der Waals surface area contributed by atoms with Gasteiger partial charge in [-0.15, -0.1) is 0 Å². The van der Waals surface area contributed by atoms with Crippen LogP contribution in [0.15, 0.2) is 41.8 Å². The lowest BCUT2D eigenvalue weighted by Crippen LogP contribution is -2.38. The zero-order chi connectivity index (χ0) is 14.9. The molecule has 0 spiro atoms. The summed E-state index contributed by atoms with van der Waals surface area (Å²) in [4.78, 5) is 4.28. The van der Waals surface area contributed by atoms with Gasteiger partial charge in [-0.3, -0.25) is 9.67 Å². The van der Waals surface area contributed by atoms with Crippen molar-refractivity contribution in [1.82, 2.24) is 19.1 Å². The normalized spacial score (nSPS) is 20.5. The minimum absolute atomic E-state index is 0.230. The van der Waals surface area contributed by atoms with Crippen molar-refractivity contribution >= 4 is 10.0 Å². The Bertz CT molecular complexity index is 712. The molecule has 3 heterocycles. The second-order valence-electron chi connectivity index (χ2n) is 5.33. The standard InChI is InChI=1S/C14H18N4O2S/c1-17-11-14(9-16-17)21(19,20)18-8-2-3-13(10-18)12-4-6-15-7-5-12/h4-7,9,11,13H,2-3,8,10H2,1H3. The summed E-state index contributed by atoms with van der Waals surface area (Å²) in [5, 5.41) is 3.96. The first-order valence-corrected chi connectivity index (χ1v) is 8.40. The molecule has 112 valence electrons. The largest absolute Gasteiger partial charge is 0.274 e. The molecular formula is C14H18N4O2S. The van der Waals surface area contributed by atoms with Gasteiger partial charge < -0.3 is 0 Å². The average molecular weight is 306 g/mol. The van der Waals surface area contributed by atoms with Gasteiger partial charge in [-0.25, -0.2) is 8.42 Å². The fourth-order valence-electron chi connectivity index (χ4n) is 2.75. The number of nitrogens with zero attached hydrogens (tertiary/aromatic N) is 4. The summed E-state index contributed by atoms with van der Waals surface area (Å²) in [6, 6.07) is 3.93. The van der Waals surface area contributed by atoms with Gasteiger partial charge in [0.05, 0.1) is 6.20 Å². The third kappa shape index (κ3) is 2.84. The zero-order valence-corrected chi connectivity index (χ0v) is 12.7. The summed E-state index contributed by atoms with van der Waals surface area (Å²) >= 11 is 0. The van der Waals surface area contributed by atoms with E-state index in [-0.39, 0.29) is 10.8 Å². The van der Waals surface area contributed by atoms with Crippen molar-refractivity contribution in [2.75, 3.05) is 13.1 Å². The van der Waals surface area contributed by atoms with Gasteiger partial charge in [-0.1, -0.05) is 0 Å². The van der Waals surface area contributed by atoms with E-state index in [2.05, 4.69) is 10.1 Å². The highest BCUT2D eigenvalue weighted by atomic mass is 32.2. The third-order valence-electron chi connectivity index (χ3n) is 3.88. The summed E-state index contributed by atoms with van der Waals surface area (Å²) in [5.74, 6) is 0.230. The molecule has 0 N–H and O–H groups in total. The molecule has 6 nitrogen and oxygen atoms in total. The third-order valence-corrected chi connectivity index (χ3v) is 5.70. The van der Waals surface area contributed by atoms with Gasteiger partial charge in [0.2, 0.25) is 10.0 Å². The van der Waals surface area contributed by atoms with E-state index in [1.165, 1.54) is 10.9 Å². The molecule has 1 aliphatic heterocycles. The van der Waals surface area contributed by atoms with Gasteiger partial charge in [0, 0.05) is 38.7 Å². The van der Waals surface area contributed by atoms with Gasteiger partial charge >= 0.3 is 0 Å². The van der Waals surface area contributed by atoms with Crippen LogP contribution in [0.5, 0.6) is 0 Å². The van der Waals surface area contributed by atoms with E-state index in [1.54, 1.807) is 29.9 Å². The van der Waals surface area contributed by atoms with E-state index in [9.17, 15) is 8.42 Å². The molecule has 21 heavy (non-hydrogen) atoms. The quantitative estimate of drug-likeness (QED) is 0.859. The minimum Gasteiger partial charge on any atom is -0.274 e. The van der Waals surface area contributed by atoms with Crippen molar-refractivity contribution in [3.05, 3.63) is 42.5 Å². The smallest absolute Gasteiger partial charge is 0.246 e. The van der Waals surface area contributed by atoms with Crippen LogP contribution in [0.25, 0.3) is 0 Å². The van der Waals surface area contributed by atoms with Crippen LogP contribution in [-0.2, 0) is 17.1 Å². The zero-order valence-electron chi connectivity index (χ0n) is 11.9. The summed E-state index contributed by atoms with van der Waals surface area (Å²) in [5.41, 5.74) is 1.15. The molecule has 1 atom stereocenters. The average Bonchev–Trinajstić information content (AvgIpc) is 2.96. The number of aryl methyl sites for hydroxylation is 1. The Labute approximate surface area is 124 Å². The van der Waals surface area contributed by atoms with Crippen LogP contribution in [-0.4, -0.2) is 40.6 Å². The maximum absolute atomic E-state index is 12.6. The highest BCUT2D eigenvalue weighted by Crippen LogP contribution is 2.29. The number of piperidine rings is 1. The number of pyridine rings is 1. The van der Waals surface area contributed by atoms with E-state index in [4.69, 9.17) is 0 Å². The molecule has 0 radical (unpaired) electrons. The van der Waals surface area contributed by atoms with Crippen molar-refractivity contribution in [3.8, 4) is 0 Å². The molecular weight excluding hydrogens is 288 g/mol. The van der Waals surface area contributed by atoms with E-state index >= 15 is 0 Å². The van der Waals surface area contributed by atoms with E-state index < -0.39 is 10.0 Å². The van der Waals surface area contributed by atoms with E-state index in [0.29, 0.717) is 13.1 Å². The number of hydrogen-bond donors (Lipinski definition) is 0. The molecule has 0 bridgehead atoms. The summed E-state index contributed by atoms with van der Waals surface area (Å²) in [6.45, 7) is 1.08. The Morgan fingerprint density at radius 2 is 2.05 bits per heavy atom. The lowest BCUT2D eigenvalue weighted by Gasteiger charge is -2.31. The second-order valence-corrected chi connectivity index (χ2v) is 7.27. The van der Waals surface area contributed by atoms with Crippen molar-refractivity contribution in [2.45, 2.75) is 23.7 Å². The maximum Gasteiger partial charge on any atom is 0.246 e. The maximum atomic E-state index is 12.6. The Hall–Kier alpha value is -1.73. The molecule has 0 aliphatic carbocycles. The number of aromatic nitrogens is 3. The molecule has 0 saturated carbocycles. The second kappa shape index (κ2) is 5.57. The number of sulfonamides is 1. The fraction of sp³-hybridized carbons (Fsp3) is 0.429. The lowest BCUT2D eigenvalue weighted by molar-refractivity contribution is 0.315. The summed E-state index contributed by atoms with van der Waals surface area (Å²) in [6.07, 6.45) is 8.33. The van der Waals surface area contributed by atoms with Crippen LogP contribution in [0.4, 0.5) is 0 Å². The number of hydrogen-bond acceptors (Lipinski definition) is 4. The van der Waals surface area contributed by atoms with Crippen LogP contribution in [0.1, 0.15) is 24.3 Å². The molecule has 2 aromatic rings. The summed E-state index contributed by atoms with van der Waals surface area (Å²) < 4.78 is 28.4. The highest BCUT2D eigenvalue weighted by Gasteiger charge is 2.31. The van der Waals surface area contributed by atoms with Gasteiger partial charge in [-0.2, -0.15) is 9.40 Å². The Morgan fingerprint density at radius 1 is 1.29 bits per heavy atom. The topological polar surface area (TPSA) is 68.1 Å². The Kier molecular flexibility index (Phi) is 3.77. The molecule has 1 fully saturated rings. The molecule has 0 aromatic carbocycles. The Balaban J connectivity index is 1.83. The molecule has 3 rings (SSSR count). The van der Waals surface area contributed by atoms with E-state index in [0.717, 1.165) is 18.4 Å². The first kappa shape index (κ1) is 14.2. The van der Waals surface area contributed by atoms with Crippen molar-refractivity contribution in [1.29, 1.82) is 0 Å². The van der Waals surface area contributed by atoms with Gasteiger partial charge in [0.15, 0.2) is 0 Å². The van der Waals surface area contributed by atoms with Gasteiger partial charge in [0.25, 0.3) is 0 Å². The molecule has 7 heteroatoms. The van der Waals surface area contributed by atoms with Gasteiger partial charge in [0.1, 0.15) is 4.90 Å². The number of rotatable bonds is 3. The van der Waals surface area contributed by atoms with Crippen molar-refractivity contribution in [3.63, 3.8) is 0 Å². The predicted molar refractivity (Wildman–Crippen MR) is 78.2 cm³/mol. The highest BCUT2D eigenvalue weighted by molar-refractivity contribution is 7.89. The fourth-order valence-corrected chi connectivity index (χ4v) is 4.26. The van der Waals surface area contributed by atoms with Crippen LogP contribution >= 0.6 is 0 Å². The van der Waals surface area contributed by atoms with Gasteiger partial charge in [-0.05, 0) is 36.5 Å². The lowest BCUT2D eigenvalue weighted by atomic mass is 9.92.